The van der Waals surface area contributed by atoms with Crippen LogP contribution in [0.1, 0.15) is 26.7 Å². The van der Waals surface area contributed by atoms with E-state index in [0.717, 1.165) is 29.3 Å². The maximum atomic E-state index is 12.8. The molecule has 0 spiro atoms. The first-order valence-corrected chi connectivity index (χ1v) is 12.0. The molecule has 0 bridgehead atoms. The lowest BCUT2D eigenvalue weighted by atomic mass is 10.2. The molecule has 2 aromatic carbocycles. The number of benzene rings is 2. The van der Waals surface area contributed by atoms with Gasteiger partial charge in [-0.05, 0) is 75.2 Å². The van der Waals surface area contributed by atoms with Gasteiger partial charge in [0.15, 0.2) is 0 Å². The second-order valence-electron chi connectivity index (χ2n) is 7.39. The summed E-state index contributed by atoms with van der Waals surface area (Å²) in [5, 5.41) is 2.83. The summed E-state index contributed by atoms with van der Waals surface area (Å²) in [6.07, 6.45) is 3.49. The number of anilines is 3. The normalized spacial score (nSPS) is 15.0. The molecule has 0 saturated carbocycles. The van der Waals surface area contributed by atoms with E-state index in [4.69, 9.17) is 4.74 Å². The monoisotopic (exact) mass is 431 g/mol. The number of hydrogen-bond donors (Lipinski definition) is 1. The van der Waals surface area contributed by atoms with Crippen LogP contribution in [0.2, 0.25) is 0 Å². The highest BCUT2D eigenvalue weighted by molar-refractivity contribution is 7.92. The molecule has 1 N–H and O–H groups in total. The number of nitrogens with zero attached hydrogens (tertiary/aromatic N) is 2. The van der Waals surface area contributed by atoms with Crippen LogP contribution >= 0.6 is 0 Å². The third-order valence-corrected chi connectivity index (χ3v) is 6.34. The molecule has 3 rings (SSSR count). The van der Waals surface area contributed by atoms with Gasteiger partial charge in [0, 0.05) is 24.5 Å². The van der Waals surface area contributed by atoms with Crippen LogP contribution in [0, 0.1) is 0 Å². The number of carbonyl (C=O) groups is 1. The lowest BCUT2D eigenvalue weighted by Crippen LogP contribution is -2.45. The van der Waals surface area contributed by atoms with Crippen molar-refractivity contribution in [2.24, 2.45) is 0 Å². The van der Waals surface area contributed by atoms with Gasteiger partial charge in [-0.1, -0.05) is 0 Å². The molecule has 0 radical (unpaired) electrons. The van der Waals surface area contributed by atoms with Crippen molar-refractivity contribution in [2.75, 3.05) is 40.5 Å². The first kappa shape index (κ1) is 22.0. The summed E-state index contributed by atoms with van der Waals surface area (Å²) in [5.41, 5.74) is 2.17. The van der Waals surface area contributed by atoms with Crippen molar-refractivity contribution < 1.29 is 17.9 Å². The van der Waals surface area contributed by atoms with Gasteiger partial charge < -0.3 is 15.0 Å². The topological polar surface area (TPSA) is 79.0 Å². The average molecular weight is 432 g/mol. The summed E-state index contributed by atoms with van der Waals surface area (Å²) in [4.78, 5) is 15.1. The molecular formula is C22H29N3O4S. The number of rotatable bonds is 8. The van der Waals surface area contributed by atoms with E-state index in [1.54, 1.807) is 31.2 Å². The summed E-state index contributed by atoms with van der Waals surface area (Å²) in [6.45, 7) is 6.07. The van der Waals surface area contributed by atoms with Crippen molar-refractivity contribution in [3.8, 4) is 5.75 Å². The number of carbonyl (C=O) groups excluding carboxylic acids is 1. The highest BCUT2D eigenvalue weighted by Crippen LogP contribution is 2.25. The summed E-state index contributed by atoms with van der Waals surface area (Å²) >= 11 is 0. The van der Waals surface area contributed by atoms with Crippen LogP contribution in [0.5, 0.6) is 5.75 Å². The maximum absolute atomic E-state index is 12.8. The van der Waals surface area contributed by atoms with Gasteiger partial charge >= 0.3 is 0 Å². The summed E-state index contributed by atoms with van der Waals surface area (Å²) in [6, 6.07) is 13.4. The lowest BCUT2D eigenvalue weighted by Gasteiger charge is -2.28. The fraction of sp³-hybridized carbons (Fsp3) is 0.409. The predicted octanol–water partition coefficient (Wildman–Crippen LogP) is 3.48. The van der Waals surface area contributed by atoms with Gasteiger partial charge in [-0.15, -0.1) is 0 Å². The first-order valence-electron chi connectivity index (χ1n) is 10.2. The van der Waals surface area contributed by atoms with Crippen molar-refractivity contribution in [3.63, 3.8) is 0 Å². The Kier molecular flexibility index (Phi) is 6.87. The maximum Gasteiger partial charge on any atom is 0.247 e. The van der Waals surface area contributed by atoms with E-state index in [0.29, 0.717) is 23.7 Å². The minimum atomic E-state index is -3.67. The molecule has 1 fully saturated rings. The molecule has 1 aliphatic rings. The predicted molar refractivity (Wildman–Crippen MR) is 121 cm³/mol. The first-order chi connectivity index (χ1) is 14.3. The molecule has 1 heterocycles. The van der Waals surface area contributed by atoms with Crippen LogP contribution in [0.4, 0.5) is 17.1 Å². The number of hydrogen-bond acceptors (Lipinski definition) is 5. The minimum absolute atomic E-state index is 0.400. The van der Waals surface area contributed by atoms with E-state index in [1.807, 2.05) is 31.2 Å². The van der Waals surface area contributed by atoms with Gasteiger partial charge in [-0.25, -0.2) is 8.42 Å². The largest absolute Gasteiger partial charge is 0.494 e. The molecule has 2 aromatic rings. The molecule has 30 heavy (non-hydrogen) atoms. The summed E-state index contributed by atoms with van der Waals surface area (Å²) in [7, 11) is -3.67. The Bertz CT molecular complexity index is 953. The SMILES string of the molecule is CCOc1ccc(N([C@H](C)C(=O)Nc2ccc(N3CCCC3)cc2)S(C)(=O)=O)cc1. The Morgan fingerprint density at radius 2 is 1.70 bits per heavy atom. The zero-order chi connectivity index (χ0) is 21.7. The number of sulfonamides is 1. The van der Waals surface area contributed by atoms with Gasteiger partial charge in [0.05, 0.1) is 18.6 Å². The van der Waals surface area contributed by atoms with E-state index in [1.165, 1.54) is 12.8 Å². The van der Waals surface area contributed by atoms with Gasteiger partial charge in [-0.2, -0.15) is 0 Å². The highest BCUT2D eigenvalue weighted by Gasteiger charge is 2.29. The van der Waals surface area contributed by atoms with Gasteiger partial charge in [-0.3, -0.25) is 9.10 Å². The fourth-order valence-corrected chi connectivity index (χ4v) is 4.82. The molecule has 0 unspecified atom stereocenters. The molecule has 162 valence electrons. The number of ether oxygens (including phenoxy) is 1. The molecule has 0 aliphatic carbocycles. The Labute approximate surface area is 178 Å². The fourth-order valence-electron chi connectivity index (χ4n) is 3.64. The van der Waals surface area contributed by atoms with Gasteiger partial charge in [0.1, 0.15) is 11.8 Å². The quantitative estimate of drug-likeness (QED) is 0.692. The van der Waals surface area contributed by atoms with Crippen LogP contribution < -0.4 is 19.3 Å². The van der Waals surface area contributed by atoms with Crippen LogP contribution in [0.3, 0.4) is 0 Å². The van der Waals surface area contributed by atoms with Crippen molar-refractivity contribution in [2.45, 2.75) is 32.7 Å². The molecule has 1 aliphatic heterocycles. The van der Waals surface area contributed by atoms with Gasteiger partial charge in [0.2, 0.25) is 15.9 Å². The Morgan fingerprint density at radius 3 is 2.23 bits per heavy atom. The van der Waals surface area contributed by atoms with E-state index in [9.17, 15) is 13.2 Å². The Morgan fingerprint density at radius 1 is 1.10 bits per heavy atom. The Balaban J connectivity index is 1.74. The lowest BCUT2D eigenvalue weighted by molar-refractivity contribution is -0.116. The van der Waals surface area contributed by atoms with Crippen LogP contribution in [-0.4, -0.2) is 46.3 Å². The standard InChI is InChI=1S/C22H29N3O4S/c1-4-29-21-13-11-20(12-14-21)25(30(3,27)28)17(2)22(26)23-18-7-9-19(10-8-18)24-15-5-6-16-24/h7-14,17H,4-6,15-16H2,1-3H3,(H,23,26)/t17-/m1/s1. The van der Waals surface area contributed by atoms with Crippen LogP contribution in [-0.2, 0) is 14.8 Å². The second kappa shape index (κ2) is 9.38. The third kappa shape index (κ3) is 5.24. The molecular weight excluding hydrogens is 402 g/mol. The third-order valence-electron chi connectivity index (χ3n) is 5.10. The molecule has 1 amide bonds. The molecule has 7 nitrogen and oxygen atoms in total. The highest BCUT2D eigenvalue weighted by atomic mass is 32.2. The van der Waals surface area contributed by atoms with Crippen molar-refractivity contribution in [1.82, 2.24) is 0 Å². The minimum Gasteiger partial charge on any atom is -0.494 e. The van der Waals surface area contributed by atoms with Crippen LogP contribution in [0.25, 0.3) is 0 Å². The zero-order valence-corrected chi connectivity index (χ0v) is 18.5. The number of amides is 1. The van der Waals surface area contributed by atoms with E-state index < -0.39 is 22.0 Å². The van der Waals surface area contributed by atoms with E-state index in [-0.39, 0.29) is 0 Å². The van der Waals surface area contributed by atoms with Crippen molar-refractivity contribution in [1.29, 1.82) is 0 Å². The van der Waals surface area contributed by atoms with E-state index >= 15 is 0 Å². The van der Waals surface area contributed by atoms with Gasteiger partial charge in [0.25, 0.3) is 0 Å². The zero-order valence-electron chi connectivity index (χ0n) is 17.7. The molecule has 1 saturated heterocycles. The van der Waals surface area contributed by atoms with Crippen LogP contribution in [0.15, 0.2) is 48.5 Å². The summed E-state index contributed by atoms with van der Waals surface area (Å²) in [5.74, 6) is 0.244. The molecule has 0 aromatic heterocycles. The Hall–Kier alpha value is -2.74. The van der Waals surface area contributed by atoms with Crippen molar-refractivity contribution >= 4 is 33.0 Å². The second-order valence-corrected chi connectivity index (χ2v) is 9.25. The average Bonchev–Trinajstić information content (AvgIpc) is 3.24. The van der Waals surface area contributed by atoms with Crippen molar-refractivity contribution in [3.05, 3.63) is 48.5 Å². The molecule has 8 heteroatoms. The van der Waals surface area contributed by atoms with E-state index in [2.05, 4.69) is 10.2 Å². The molecule has 1 atom stereocenters. The number of nitrogens with one attached hydrogen (secondary N) is 1. The smallest absolute Gasteiger partial charge is 0.247 e. The summed E-state index contributed by atoms with van der Waals surface area (Å²) < 4.78 is 31.4.